The zero-order valence-electron chi connectivity index (χ0n) is 13.6. The second-order valence-corrected chi connectivity index (χ2v) is 5.86. The highest BCUT2D eigenvalue weighted by Crippen LogP contribution is 2.36. The van der Waals surface area contributed by atoms with Gasteiger partial charge in [0, 0.05) is 18.4 Å². The third-order valence-corrected chi connectivity index (χ3v) is 3.89. The minimum Gasteiger partial charge on any atom is -0.368 e. The zero-order valence-corrected chi connectivity index (χ0v) is 13.6. The number of nitrogens with one attached hydrogen (secondary N) is 1. The fraction of sp³-hybridized carbons (Fsp3) is 0.375. The van der Waals surface area contributed by atoms with Crippen LogP contribution in [0.5, 0.6) is 0 Å². The molecule has 1 aliphatic heterocycles. The number of hydrogen-bond acceptors (Lipinski definition) is 3. The van der Waals surface area contributed by atoms with Crippen LogP contribution in [-0.2, 0) is 21.9 Å². The summed E-state index contributed by atoms with van der Waals surface area (Å²) < 4.78 is 82.8. The van der Waals surface area contributed by atoms with Crippen LogP contribution >= 0.6 is 0 Å². The predicted molar refractivity (Wildman–Crippen MR) is 81.2 cm³/mol. The minimum atomic E-state index is -5.02. The summed E-state index contributed by atoms with van der Waals surface area (Å²) in [7, 11) is 0. The maximum Gasteiger partial charge on any atom is 0.435 e. The lowest BCUT2D eigenvalue weighted by atomic mass is 10.2. The van der Waals surface area contributed by atoms with E-state index in [1.807, 2.05) is 0 Å². The van der Waals surface area contributed by atoms with Gasteiger partial charge in [0.15, 0.2) is 5.69 Å². The Kier molecular flexibility index (Phi) is 4.89. The number of alkyl halides is 6. The Morgan fingerprint density at radius 1 is 1.11 bits per heavy atom. The molecule has 27 heavy (non-hydrogen) atoms. The number of amides is 1. The van der Waals surface area contributed by atoms with E-state index in [-0.39, 0.29) is 22.1 Å². The molecule has 1 aromatic heterocycles. The second-order valence-electron chi connectivity index (χ2n) is 5.86. The number of anilines is 1. The van der Waals surface area contributed by atoms with Crippen molar-refractivity contribution >= 4 is 11.6 Å². The van der Waals surface area contributed by atoms with Crippen LogP contribution < -0.4 is 5.32 Å². The number of ether oxygens (including phenoxy) is 1. The van der Waals surface area contributed by atoms with Gasteiger partial charge in [-0.1, -0.05) is 0 Å². The van der Waals surface area contributed by atoms with Gasteiger partial charge in [0.2, 0.25) is 0 Å². The quantitative estimate of drug-likeness (QED) is 0.802. The zero-order chi connectivity index (χ0) is 19.8. The van der Waals surface area contributed by atoms with Gasteiger partial charge in [-0.25, -0.2) is 4.68 Å². The Morgan fingerprint density at radius 3 is 2.30 bits per heavy atom. The number of hydrogen-bond donors (Lipinski definition) is 1. The molecule has 1 aliphatic rings. The van der Waals surface area contributed by atoms with Gasteiger partial charge in [-0.15, -0.1) is 0 Å². The molecule has 3 rings (SSSR count). The smallest absolute Gasteiger partial charge is 0.368 e. The number of carbonyl (C=O) groups excluding carboxylic acids is 1. The van der Waals surface area contributed by atoms with Gasteiger partial charge in [-0.3, -0.25) is 4.79 Å². The van der Waals surface area contributed by atoms with Crippen LogP contribution in [0.15, 0.2) is 30.3 Å². The summed E-state index contributed by atoms with van der Waals surface area (Å²) in [6.45, 7) is 0.470. The molecule has 1 atom stereocenters. The maximum atomic E-state index is 13.1. The average molecular weight is 393 g/mol. The van der Waals surface area contributed by atoms with E-state index in [1.54, 1.807) is 0 Å². The number of aromatic nitrogens is 2. The average Bonchev–Trinajstić information content (AvgIpc) is 3.24. The van der Waals surface area contributed by atoms with Gasteiger partial charge in [-0.05, 0) is 37.1 Å². The lowest BCUT2D eigenvalue weighted by Crippen LogP contribution is -2.26. The standard InChI is InChI=1S/C16H13F6N3O2/c17-15(18,19)12-8-13(16(20,21)22)25(24-12)10-5-3-9(4-6-10)23-14(26)11-2-1-7-27-11/h3-6,8,11H,1-2,7H2,(H,23,26). The topological polar surface area (TPSA) is 56.2 Å². The molecule has 1 amide bonds. The molecule has 2 heterocycles. The largest absolute Gasteiger partial charge is 0.435 e. The van der Waals surface area contributed by atoms with Crippen molar-refractivity contribution in [3.05, 3.63) is 41.7 Å². The van der Waals surface area contributed by atoms with Crippen molar-refractivity contribution in [2.24, 2.45) is 0 Å². The Morgan fingerprint density at radius 2 is 1.78 bits per heavy atom. The van der Waals surface area contributed by atoms with E-state index in [0.717, 1.165) is 18.6 Å². The fourth-order valence-electron chi connectivity index (χ4n) is 2.61. The highest BCUT2D eigenvalue weighted by Gasteiger charge is 2.42. The van der Waals surface area contributed by atoms with Crippen molar-refractivity contribution in [2.45, 2.75) is 31.3 Å². The lowest BCUT2D eigenvalue weighted by molar-refractivity contribution is -0.143. The highest BCUT2D eigenvalue weighted by atomic mass is 19.4. The molecule has 0 radical (unpaired) electrons. The van der Waals surface area contributed by atoms with E-state index < -0.39 is 35.8 Å². The first-order valence-electron chi connectivity index (χ1n) is 7.83. The highest BCUT2D eigenvalue weighted by molar-refractivity contribution is 5.94. The van der Waals surface area contributed by atoms with Crippen molar-refractivity contribution < 1.29 is 35.9 Å². The van der Waals surface area contributed by atoms with Gasteiger partial charge >= 0.3 is 12.4 Å². The second kappa shape index (κ2) is 6.87. The maximum absolute atomic E-state index is 13.1. The number of rotatable bonds is 3. The van der Waals surface area contributed by atoms with Crippen LogP contribution in [0.2, 0.25) is 0 Å². The number of nitrogens with zero attached hydrogens (tertiary/aromatic N) is 2. The molecular weight excluding hydrogens is 380 g/mol. The molecule has 0 aliphatic carbocycles. The Bertz CT molecular complexity index is 820. The van der Waals surface area contributed by atoms with E-state index in [1.165, 1.54) is 12.1 Å². The van der Waals surface area contributed by atoms with Gasteiger partial charge in [-0.2, -0.15) is 31.4 Å². The summed E-state index contributed by atoms with van der Waals surface area (Å²) in [6, 6.07) is 4.77. The SMILES string of the molecule is O=C(Nc1ccc(-n2nc(C(F)(F)F)cc2C(F)(F)F)cc1)C1CCCO1. The van der Waals surface area contributed by atoms with E-state index in [2.05, 4.69) is 10.4 Å². The Balaban J connectivity index is 1.86. The van der Waals surface area contributed by atoms with Crippen molar-refractivity contribution in [1.29, 1.82) is 0 Å². The fourth-order valence-corrected chi connectivity index (χ4v) is 2.61. The summed E-state index contributed by atoms with van der Waals surface area (Å²) in [5.41, 5.74) is -3.15. The Labute approximate surface area is 148 Å². The van der Waals surface area contributed by atoms with Crippen molar-refractivity contribution in [3.8, 4) is 5.69 Å². The number of benzene rings is 1. The molecule has 11 heteroatoms. The molecule has 1 N–H and O–H groups in total. The molecule has 0 spiro atoms. The van der Waals surface area contributed by atoms with E-state index in [4.69, 9.17) is 4.74 Å². The van der Waals surface area contributed by atoms with Gasteiger partial charge < -0.3 is 10.1 Å². The molecule has 2 aromatic rings. The third-order valence-electron chi connectivity index (χ3n) is 3.89. The monoisotopic (exact) mass is 393 g/mol. The molecular formula is C16H13F6N3O2. The van der Waals surface area contributed by atoms with Crippen molar-refractivity contribution in [1.82, 2.24) is 9.78 Å². The lowest BCUT2D eigenvalue weighted by Gasteiger charge is -2.12. The molecule has 5 nitrogen and oxygen atoms in total. The molecule has 1 saturated heterocycles. The first kappa shape index (κ1) is 19.2. The molecule has 1 unspecified atom stereocenters. The normalized spacial score (nSPS) is 17.9. The predicted octanol–water partition coefficient (Wildman–Crippen LogP) is 4.03. The molecule has 0 bridgehead atoms. The van der Waals surface area contributed by atoms with Crippen molar-refractivity contribution in [2.75, 3.05) is 11.9 Å². The van der Waals surface area contributed by atoms with Gasteiger partial charge in [0.05, 0.1) is 5.69 Å². The first-order chi connectivity index (χ1) is 12.6. The number of carbonyl (C=O) groups is 1. The molecule has 146 valence electrons. The minimum absolute atomic E-state index is 0.0485. The summed E-state index contributed by atoms with van der Waals surface area (Å²) in [4.78, 5) is 11.9. The van der Waals surface area contributed by atoms with Crippen LogP contribution in [0.4, 0.5) is 32.0 Å². The van der Waals surface area contributed by atoms with Gasteiger partial charge in [0.1, 0.15) is 11.8 Å². The van der Waals surface area contributed by atoms with Gasteiger partial charge in [0.25, 0.3) is 5.91 Å². The van der Waals surface area contributed by atoms with Crippen LogP contribution in [0.1, 0.15) is 24.2 Å². The molecule has 0 saturated carbocycles. The van der Waals surface area contributed by atoms with E-state index in [9.17, 15) is 31.1 Å². The Hall–Kier alpha value is -2.56. The summed E-state index contributed by atoms with van der Waals surface area (Å²) in [6.07, 6.45) is -9.32. The summed E-state index contributed by atoms with van der Waals surface area (Å²) in [5.74, 6) is -0.394. The van der Waals surface area contributed by atoms with E-state index >= 15 is 0 Å². The first-order valence-corrected chi connectivity index (χ1v) is 7.83. The van der Waals surface area contributed by atoms with Crippen molar-refractivity contribution in [3.63, 3.8) is 0 Å². The number of halogens is 6. The van der Waals surface area contributed by atoms with Crippen LogP contribution in [-0.4, -0.2) is 28.4 Å². The summed E-state index contributed by atoms with van der Waals surface area (Å²) in [5, 5.41) is 5.58. The van der Waals surface area contributed by atoms with Crippen LogP contribution in [0.25, 0.3) is 5.69 Å². The molecule has 1 fully saturated rings. The van der Waals surface area contributed by atoms with Crippen LogP contribution in [0, 0.1) is 0 Å². The van der Waals surface area contributed by atoms with E-state index in [0.29, 0.717) is 13.0 Å². The molecule has 1 aromatic carbocycles. The summed E-state index contributed by atoms with van der Waals surface area (Å²) >= 11 is 0. The van der Waals surface area contributed by atoms with Crippen LogP contribution in [0.3, 0.4) is 0 Å². The third kappa shape index (κ3) is 4.24.